The van der Waals surface area contributed by atoms with E-state index in [1.165, 1.54) is 50.3 Å². The molecule has 6 nitrogen and oxygen atoms in total. The van der Waals surface area contributed by atoms with Crippen LogP contribution in [0.2, 0.25) is 0 Å². The summed E-state index contributed by atoms with van der Waals surface area (Å²) in [7, 11) is 0. The molecule has 128 valence electrons. The molecule has 1 aromatic heterocycles. The first-order valence-electron chi connectivity index (χ1n) is 8.77. The fraction of sp³-hybridized carbons (Fsp3) is 0.765. The van der Waals surface area contributed by atoms with Crippen molar-refractivity contribution in [3.05, 3.63) is 5.89 Å². The highest BCUT2D eigenvalue weighted by molar-refractivity contribution is 7.99. The van der Waals surface area contributed by atoms with Gasteiger partial charge in [-0.2, -0.15) is 5.26 Å². The van der Waals surface area contributed by atoms with Gasteiger partial charge in [0.25, 0.3) is 5.22 Å². The molecule has 5 rings (SSSR count). The molecular weight excluding hydrogens is 324 g/mol. The number of nitrogens with zero attached hydrogens (tertiary/aromatic N) is 3. The summed E-state index contributed by atoms with van der Waals surface area (Å²) in [5, 5.41) is 20.1. The predicted molar refractivity (Wildman–Crippen MR) is 88.1 cm³/mol. The lowest BCUT2D eigenvalue weighted by molar-refractivity contribution is -0.118. The van der Waals surface area contributed by atoms with Crippen LogP contribution in [0, 0.1) is 29.1 Å². The summed E-state index contributed by atoms with van der Waals surface area (Å²) in [5.41, 5.74) is 0.107. The Morgan fingerprint density at radius 3 is 2.54 bits per heavy atom. The average Bonchev–Trinajstić information content (AvgIpc) is 3.02. The maximum atomic E-state index is 11.7. The van der Waals surface area contributed by atoms with Gasteiger partial charge in [-0.15, -0.1) is 10.2 Å². The molecule has 4 bridgehead atoms. The second-order valence-corrected chi connectivity index (χ2v) is 8.54. The van der Waals surface area contributed by atoms with Gasteiger partial charge in [0.05, 0.1) is 18.2 Å². The van der Waals surface area contributed by atoms with Crippen molar-refractivity contribution in [3.63, 3.8) is 0 Å². The molecule has 0 saturated heterocycles. The maximum absolute atomic E-state index is 11.7. The minimum absolute atomic E-state index is 0.107. The van der Waals surface area contributed by atoms with Gasteiger partial charge in [-0.3, -0.25) is 4.79 Å². The Kier molecular flexibility index (Phi) is 4.25. The first kappa shape index (κ1) is 15.9. The summed E-state index contributed by atoms with van der Waals surface area (Å²) in [5.74, 6) is 3.45. The minimum atomic E-state index is -0.107. The molecule has 4 aliphatic carbocycles. The monoisotopic (exact) mass is 346 g/mol. The van der Waals surface area contributed by atoms with Gasteiger partial charge >= 0.3 is 0 Å². The van der Waals surface area contributed by atoms with E-state index in [0.717, 1.165) is 23.6 Å². The van der Waals surface area contributed by atoms with Gasteiger partial charge in [0.15, 0.2) is 0 Å². The first-order valence-corrected chi connectivity index (χ1v) is 9.76. The van der Waals surface area contributed by atoms with E-state index < -0.39 is 0 Å². The van der Waals surface area contributed by atoms with Crippen LogP contribution >= 0.6 is 11.8 Å². The van der Waals surface area contributed by atoms with E-state index in [1.54, 1.807) is 0 Å². The molecule has 1 amide bonds. The summed E-state index contributed by atoms with van der Waals surface area (Å²) in [6, 6.07) is 2.00. The summed E-state index contributed by atoms with van der Waals surface area (Å²) >= 11 is 1.28. The molecule has 4 aliphatic rings. The Morgan fingerprint density at radius 2 is 1.92 bits per heavy atom. The lowest BCUT2D eigenvalue weighted by atomic mass is 9.49. The van der Waals surface area contributed by atoms with Crippen LogP contribution in [-0.4, -0.2) is 28.4 Å². The highest BCUT2D eigenvalue weighted by atomic mass is 32.2. The van der Waals surface area contributed by atoms with Crippen molar-refractivity contribution in [2.24, 2.45) is 17.8 Å². The number of nitrogens with one attached hydrogen (secondary N) is 1. The van der Waals surface area contributed by atoms with Crippen LogP contribution in [0.25, 0.3) is 0 Å². The molecule has 7 heteroatoms. The van der Waals surface area contributed by atoms with E-state index in [2.05, 4.69) is 15.5 Å². The van der Waals surface area contributed by atoms with E-state index in [9.17, 15) is 4.79 Å². The van der Waals surface area contributed by atoms with E-state index in [4.69, 9.17) is 9.68 Å². The maximum Gasteiger partial charge on any atom is 0.277 e. The van der Waals surface area contributed by atoms with Gasteiger partial charge < -0.3 is 9.73 Å². The van der Waals surface area contributed by atoms with Gasteiger partial charge in [-0.1, -0.05) is 11.8 Å². The number of hydrogen-bond donors (Lipinski definition) is 1. The molecule has 0 radical (unpaired) electrons. The van der Waals surface area contributed by atoms with Crippen LogP contribution in [0.5, 0.6) is 0 Å². The van der Waals surface area contributed by atoms with E-state index in [-0.39, 0.29) is 17.1 Å². The number of nitriles is 1. The van der Waals surface area contributed by atoms with Crippen LogP contribution in [0.15, 0.2) is 9.64 Å². The lowest BCUT2D eigenvalue weighted by Crippen LogP contribution is -2.48. The molecule has 1 aromatic rings. The van der Waals surface area contributed by atoms with Crippen LogP contribution in [0.4, 0.5) is 0 Å². The molecule has 0 atom stereocenters. The number of carbonyl (C=O) groups is 1. The topological polar surface area (TPSA) is 91.8 Å². The first-order chi connectivity index (χ1) is 11.7. The second kappa shape index (κ2) is 6.40. The summed E-state index contributed by atoms with van der Waals surface area (Å²) < 4.78 is 5.95. The number of hydrogen-bond acceptors (Lipinski definition) is 6. The molecule has 1 N–H and O–H groups in total. The largest absolute Gasteiger partial charge is 0.415 e. The van der Waals surface area contributed by atoms with Gasteiger partial charge in [0.1, 0.15) is 0 Å². The Labute approximate surface area is 145 Å². The Balaban J connectivity index is 1.37. The molecule has 0 aromatic carbocycles. The van der Waals surface area contributed by atoms with Crippen molar-refractivity contribution in [1.82, 2.24) is 15.5 Å². The van der Waals surface area contributed by atoms with Crippen LogP contribution in [0.1, 0.15) is 50.8 Å². The zero-order valence-corrected chi connectivity index (χ0v) is 14.5. The molecular formula is C17H22N4O2S. The van der Waals surface area contributed by atoms with Gasteiger partial charge in [-0.25, -0.2) is 0 Å². The normalized spacial score (nSPS) is 33.4. The highest BCUT2D eigenvalue weighted by Gasteiger charge is 2.54. The van der Waals surface area contributed by atoms with Gasteiger partial charge in [0, 0.05) is 12.0 Å². The summed E-state index contributed by atoms with van der Waals surface area (Å²) in [6.45, 7) is 0.387. The number of thioether (sulfide) groups is 1. The zero-order valence-electron chi connectivity index (χ0n) is 13.7. The Morgan fingerprint density at radius 1 is 1.25 bits per heavy atom. The van der Waals surface area contributed by atoms with Crippen LogP contribution < -0.4 is 5.32 Å². The van der Waals surface area contributed by atoms with Gasteiger partial charge in [0.2, 0.25) is 11.8 Å². The van der Waals surface area contributed by atoms with Crippen LogP contribution in [-0.2, 0) is 10.2 Å². The third-order valence-corrected chi connectivity index (χ3v) is 6.60. The van der Waals surface area contributed by atoms with Crippen molar-refractivity contribution in [3.8, 4) is 6.07 Å². The smallest absolute Gasteiger partial charge is 0.277 e. The van der Waals surface area contributed by atoms with Gasteiger partial charge in [-0.05, 0) is 56.3 Å². The number of rotatable bonds is 6. The SMILES string of the molecule is N#CCCNC(=O)CSc1nnc(C23CC4CC(CC(C4)C2)C3)o1. The molecule has 4 saturated carbocycles. The number of aromatic nitrogens is 2. The lowest BCUT2D eigenvalue weighted by Gasteiger charge is -2.55. The second-order valence-electron chi connectivity index (χ2n) is 7.62. The molecule has 0 spiro atoms. The summed E-state index contributed by atoms with van der Waals surface area (Å²) in [6.07, 6.45) is 8.07. The zero-order chi connectivity index (χ0) is 16.6. The fourth-order valence-corrected chi connectivity index (χ4v) is 5.88. The van der Waals surface area contributed by atoms with Crippen LogP contribution in [0.3, 0.4) is 0 Å². The highest BCUT2D eigenvalue weighted by Crippen LogP contribution is 2.60. The molecule has 1 heterocycles. The third kappa shape index (κ3) is 3.04. The van der Waals surface area contributed by atoms with Crippen molar-refractivity contribution < 1.29 is 9.21 Å². The molecule has 24 heavy (non-hydrogen) atoms. The van der Waals surface area contributed by atoms with Crippen molar-refractivity contribution >= 4 is 17.7 Å². The number of carbonyl (C=O) groups excluding carboxylic acids is 1. The van der Waals surface area contributed by atoms with E-state index in [0.29, 0.717) is 18.2 Å². The standard InChI is InChI=1S/C17H22N4O2S/c18-2-1-3-19-14(22)10-24-16-21-20-15(23-16)17-7-11-4-12(8-17)6-13(5-11)9-17/h11-13H,1,3-10H2,(H,19,22). The third-order valence-electron chi connectivity index (χ3n) is 5.78. The van der Waals surface area contributed by atoms with Crippen molar-refractivity contribution in [1.29, 1.82) is 5.26 Å². The average molecular weight is 346 g/mol. The minimum Gasteiger partial charge on any atom is -0.415 e. The van der Waals surface area contributed by atoms with E-state index in [1.807, 2.05) is 6.07 Å². The predicted octanol–water partition coefficient (Wildman–Crippen LogP) is 2.66. The fourth-order valence-electron chi connectivity index (χ4n) is 5.29. The quantitative estimate of drug-likeness (QED) is 0.629. The molecule has 4 fully saturated rings. The Bertz CT molecular complexity index is 631. The van der Waals surface area contributed by atoms with Crippen molar-refractivity contribution in [2.45, 2.75) is 55.6 Å². The molecule has 0 unspecified atom stereocenters. The Hall–Kier alpha value is -1.55. The number of amides is 1. The molecule has 0 aliphatic heterocycles. The van der Waals surface area contributed by atoms with E-state index >= 15 is 0 Å². The summed E-state index contributed by atoms with van der Waals surface area (Å²) in [4.78, 5) is 11.7. The van der Waals surface area contributed by atoms with Crippen molar-refractivity contribution in [2.75, 3.05) is 12.3 Å².